The molecule has 3 atom stereocenters. The van der Waals surface area contributed by atoms with E-state index in [9.17, 15) is 14.7 Å². The quantitative estimate of drug-likeness (QED) is 0.792. The van der Waals surface area contributed by atoms with Crippen LogP contribution in [0.1, 0.15) is 40.5 Å². The van der Waals surface area contributed by atoms with Crippen molar-refractivity contribution in [3.05, 3.63) is 0 Å². The summed E-state index contributed by atoms with van der Waals surface area (Å²) in [4.78, 5) is 25.3. The number of hydrogen-bond acceptors (Lipinski definition) is 3. The fourth-order valence-electron chi connectivity index (χ4n) is 2.39. The van der Waals surface area contributed by atoms with Crippen molar-refractivity contribution in [2.75, 3.05) is 13.1 Å². The molecule has 0 aliphatic carbocycles. The summed E-state index contributed by atoms with van der Waals surface area (Å²) in [7, 11) is 0. The summed E-state index contributed by atoms with van der Waals surface area (Å²) in [5.74, 6) is 0.0400. The van der Waals surface area contributed by atoms with Crippen LogP contribution in [-0.4, -0.2) is 47.1 Å². The lowest BCUT2D eigenvalue weighted by molar-refractivity contribution is -0.135. The predicted molar refractivity (Wildman–Crippen MR) is 73.4 cm³/mol. The van der Waals surface area contributed by atoms with Crippen molar-refractivity contribution in [3.63, 3.8) is 0 Å². The van der Waals surface area contributed by atoms with E-state index in [-0.39, 0.29) is 29.7 Å². The van der Waals surface area contributed by atoms with Crippen LogP contribution < -0.4 is 5.32 Å². The van der Waals surface area contributed by atoms with Crippen molar-refractivity contribution in [1.29, 1.82) is 0 Å². The first kappa shape index (κ1) is 16.0. The van der Waals surface area contributed by atoms with Gasteiger partial charge in [-0.15, -0.1) is 0 Å². The summed E-state index contributed by atoms with van der Waals surface area (Å²) in [5, 5.41) is 12.7. The number of carbonyl (C=O) groups excluding carboxylic acids is 2. The molecular weight excluding hydrogens is 244 g/mol. The highest BCUT2D eigenvalue weighted by Gasteiger charge is 2.32. The molecule has 1 aliphatic heterocycles. The van der Waals surface area contributed by atoms with Gasteiger partial charge in [-0.2, -0.15) is 0 Å². The van der Waals surface area contributed by atoms with E-state index < -0.39 is 6.10 Å². The van der Waals surface area contributed by atoms with Gasteiger partial charge in [-0.05, 0) is 13.3 Å². The molecule has 0 radical (unpaired) electrons. The van der Waals surface area contributed by atoms with E-state index in [1.165, 1.54) is 0 Å². The topological polar surface area (TPSA) is 69.6 Å². The molecule has 0 aromatic carbocycles. The molecule has 1 saturated heterocycles. The zero-order valence-electron chi connectivity index (χ0n) is 12.3. The first-order valence-corrected chi connectivity index (χ1v) is 7.11. The van der Waals surface area contributed by atoms with Crippen LogP contribution in [0, 0.1) is 11.8 Å². The first-order valence-electron chi connectivity index (χ1n) is 7.11. The van der Waals surface area contributed by atoms with Crippen molar-refractivity contribution in [3.8, 4) is 0 Å². The van der Waals surface area contributed by atoms with Crippen molar-refractivity contribution in [2.45, 2.75) is 52.7 Å². The fraction of sp³-hybridized carbons (Fsp3) is 0.857. The monoisotopic (exact) mass is 270 g/mol. The largest absolute Gasteiger partial charge is 0.393 e. The van der Waals surface area contributed by atoms with Gasteiger partial charge >= 0.3 is 0 Å². The number of amides is 2. The summed E-state index contributed by atoms with van der Waals surface area (Å²) in [5.41, 5.74) is 0. The Hall–Kier alpha value is -1.10. The summed E-state index contributed by atoms with van der Waals surface area (Å²) in [6.07, 6.45) is 0.715. The summed E-state index contributed by atoms with van der Waals surface area (Å²) in [6.45, 7) is 8.40. The number of rotatable bonds is 4. The number of nitrogens with one attached hydrogen (secondary N) is 1. The second-order valence-electron chi connectivity index (χ2n) is 5.75. The lowest BCUT2D eigenvalue weighted by Gasteiger charge is -2.39. The van der Waals surface area contributed by atoms with Crippen LogP contribution in [0.25, 0.3) is 0 Å². The van der Waals surface area contributed by atoms with E-state index in [0.29, 0.717) is 19.5 Å². The number of hydrogen-bond donors (Lipinski definition) is 2. The van der Waals surface area contributed by atoms with Crippen molar-refractivity contribution >= 4 is 11.8 Å². The van der Waals surface area contributed by atoms with E-state index in [2.05, 4.69) is 5.32 Å². The van der Waals surface area contributed by atoms with E-state index in [4.69, 9.17) is 0 Å². The Balaban J connectivity index is 2.70. The van der Waals surface area contributed by atoms with Crippen LogP contribution in [0.5, 0.6) is 0 Å². The highest BCUT2D eigenvalue weighted by Crippen LogP contribution is 2.21. The number of piperidine rings is 1. The standard InChI is InChI=1S/C14H26N2O3/c1-5-13(18)16-7-11(10(4)17)6-12(8-16)15-14(19)9(2)3/h9-12,17H,5-8H2,1-4H3,(H,15,19). The average molecular weight is 270 g/mol. The van der Waals surface area contributed by atoms with Gasteiger partial charge in [0.25, 0.3) is 0 Å². The summed E-state index contributed by atoms with van der Waals surface area (Å²) in [6, 6.07) is -0.0567. The second-order valence-corrected chi connectivity index (χ2v) is 5.75. The minimum atomic E-state index is -0.467. The molecule has 19 heavy (non-hydrogen) atoms. The molecule has 2 amide bonds. The Bertz CT molecular complexity index is 329. The molecule has 0 spiro atoms. The lowest BCUT2D eigenvalue weighted by Crippen LogP contribution is -2.54. The molecule has 1 aliphatic rings. The maximum atomic E-state index is 11.8. The minimum Gasteiger partial charge on any atom is -0.393 e. The van der Waals surface area contributed by atoms with Gasteiger partial charge in [0.2, 0.25) is 11.8 Å². The molecule has 0 bridgehead atoms. The van der Waals surface area contributed by atoms with Crippen LogP contribution in [-0.2, 0) is 9.59 Å². The maximum Gasteiger partial charge on any atom is 0.222 e. The van der Waals surface area contributed by atoms with Crippen LogP contribution in [0.3, 0.4) is 0 Å². The molecule has 1 rings (SSSR count). The van der Waals surface area contributed by atoms with Crippen LogP contribution in [0.15, 0.2) is 0 Å². The smallest absolute Gasteiger partial charge is 0.222 e. The highest BCUT2D eigenvalue weighted by molar-refractivity contribution is 5.79. The number of aliphatic hydroxyl groups is 1. The molecule has 2 N–H and O–H groups in total. The maximum absolute atomic E-state index is 11.8. The Morgan fingerprint density at radius 3 is 2.42 bits per heavy atom. The number of nitrogens with zero attached hydrogens (tertiary/aromatic N) is 1. The van der Waals surface area contributed by atoms with Gasteiger partial charge in [0, 0.05) is 37.4 Å². The highest BCUT2D eigenvalue weighted by atomic mass is 16.3. The van der Waals surface area contributed by atoms with Gasteiger partial charge in [0.15, 0.2) is 0 Å². The van der Waals surface area contributed by atoms with Crippen molar-refractivity contribution in [2.24, 2.45) is 11.8 Å². The van der Waals surface area contributed by atoms with Gasteiger partial charge < -0.3 is 15.3 Å². The zero-order chi connectivity index (χ0) is 14.6. The zero-order valence-corrected chi connectivity index (χ0v) is 12.3. The molecule has 0 aromatic heterocycles. The van der Waals surface area contributed by atoms with Gasteiger partial charge in [-0.25, -0.2) is 0 Å². The Labute approximate surface area is 115 Å². The first-order chi connectivity index (χ1) is 8.85. The molecule has 1 heterocycles. The third kappa shape index (κ3) is 4.49. The van der Waals surface area contributed by atoms with Crippen LogP contribution in [0.2, 0.25) is 0 Å². The second kappa shape index (κ2) is 6.89. The molecule has 0 aromatic rings. The van der Waals surface area contributed by atoms with Crippen molar-refractivity contribution in [1.82, 2.24) is 10.2 Å². The molecular formula is C14H26N2O3. The molecule has 5 nitrogen and oxygen atoms in total. The minimum absolute atomic E-state index is 0.000130. The number of aliphatic hydroxyl groups excluding tert-OH is 1. The Morgan fingerprint density at radius 1 is 1.32 bits per heavy atom. The third-order valence-corrected chi connectivity index (χ3v) is 3.69. The van der Waals surface area contributed by atoms with Crippen LogP contribution in [0.4, 0.5) is 0 Å². The van der Waals surface area contributed by atoms with Crippen molar-refractivity contribution < 1.29 is 14.7 Å². The normalized spacial score (nSPS) is 25.3. The van der Waals surface area contributed by atoms with E-state index >= 15 is 0 Å². The van der Waals surface area contributed by atoms with Crippen LogP contribution >= 0.6 is 0 Å². The number of carbonyl (C=O) groups is 2. The summed E-state index contributed by atoms with van der Waals surface area (Å²) >= 11 is 0. The molecule has 0 saturated carbocycles. The fourth-order valence-corrected chi connectivity index (χ4v) is 2.39. The van der Waals surface area contributed by atoms with E-state index in [1.807, 2.05) is 20.8 Å². The molecule has 5 heteroatoms. The lowest BCUT2D eigenvalue weighted by atomic mass is 9.89. The number of likely N-dealkylation sites (tertiary alicyclic amines) is 1. The van der Waals surface area contributed by atoms with E-state index in [1.54, 1.807) is 11.8 Å². The van der Waals surface area contributed by atoms with Gasteiger partial charge in [0.05, 0.1) is 6.10 Å². The molecule has 110 valence electrons. The summed E-state index contributed by atoms with van der Waals surface area (Å²) < 4.78 is 0. The Kier molecular flexibility index (Phi) is 5.79. The third-order valence-electron chi connectivity index (χ3n) is 3.69. The van der Waals surface area contributed by atoms with Gasteiger partial charge in [0.1, 0.15) is 0 Å². The average Bonchev–Trinajstić information content (AvgIpc) is 2.37. The van der Waals surface area contributed by atoms with E-state index in [0.717, 1.165) is 6.42 Å². The Morgan fingerprint density at radius 2 is 1.95 bits per heavy atom. The van der Waals surface area contributed by atoms with Gasteiger partial charge in [-0.3, -0.25) is 9.59 Å². The van der Waals surface area contributed by atoms with Gasteiger partial charge in [-0.1, -0.05) is 20.8 Å². The molecule has 3 unspecified atom stereocenters. The molecule has 1 fully saturated rings. The predicted octanol–water partition coefficient (Wildman–Crippen LogP) is 0.766. The SMILES string of the molecule is CCC(=O)N1CC(NC(=O)C(C)C)CC(C(C)O)C1.